The summed E-state index contributed by atoms with van der Waals surface area (Å²) >= 11 is 2.79. The number of aliphatic hydroxyl groups is 1. The molecule has 1 unspecified atom stereocenters. The summed E-state index contributed by atoms with van der Waals surface area (Å²) in [5, 5.41) is 23.1. The van der Waals surface area contributed by atoms with Gasteiger partial charge in [-0.05, 0) is 70.1 Å². The Hall–Kier alpha value is -5.25. The van der Waals surface area contributed by atoms with Crippen LogP contribution >= 0.6 is 23.1 Å². The second-order valence-electron chi connectivity index (χ2n) is 12.6. The van der Waals surface area contributed by atoms with Crippen molar-refractivity contribution in [2.24, 2.45) is 0 Å². The fourth-order valence-corrected chi connectivity index (χ4v) is 8.03. The number of aliphatic hydroxyl groups excluding tert-OH is 1. The number of benzene rings is 5. The molecule has 1 fully saturated rings. The average Bonchev–Trinajstić information content (AvgIpc) is 3.71. The maximum absolute atomic E-state index is 13.8. The predicted molar refractivity (Wildman–Crippen MR) is 201 cm³/mol. The van der Waals surface area contributed by atoms with E-state index >= 15 is 0 Å². The first kappa shape index (κ1) is 33.3. The van der Waals surface area contributed by atoms with Gasteiger partial charge in [-0.15, -0.1) is 10.2 Å². The summed E-state index contributed by atoms with van der Waals surface area (Å²) in [5.41, 5.74) is 5.58. The zero-order valence-corrected chi connectivity index (χ0v) is 29.5. The minimum atomic E-state index is -0.891. The van der Waals surface area contributed by atoms with Crippen molar-refractivity contribution in [1.29, 1.82) is 0 Å². The van der Waals surface area contributed by atoms with Crippen LogP contribution in [-0.4, -0.2) is 27.0 Å². The first-order valence-corrected chi connectivity index (χ1v) is 18.2. The van der Waals surface area contributed by atoms with E-state index in [1.54, 1.807) is 24.3 Å². The summed E-state index contributed by atoms with van der Waals surface area (Å²) in [6, 6.07) is 36.4. The Balaban J connectivity index is 1.19. The van der Waals surface area contributed by atoms with Gasteiger partial charge in [-0.1, -0.05) is 134 Å². The molecule has 50 heavy (non-hydrogen) atoms. The summed E-state index contributed by atoms with van der Waals surface area (Å²) in [6.07, 6.45) is 0. The minimum absolute atomic E-state index is 0.000819. The molecule has 6 aromatic rings. The zero-order valence-electron chi connectivity index (χ0n) is 27.9. The highest BCUT2D eigenvalue weighted by Gasteiger charge is 2.48. The minimum Gasteiger partial charge on any atom is -0.507 e. The molecule has 1 aliphatic rings. The fourth-order valence-electron chi connectivity index (χ4n) is 6.16. The number of ketones is 1. The van der Waals surface area contributed by atoms with Gasteiger partial charge in [-0.2, -0.15) is 0 Å². The third kappa shape index (κ3) is 6.79. The average molecular weight is 698 g/mol. The van der Waals surface area contributed by atoms with E-state index in [4.69, 9.17) is 4.74 Å². The number of carbonyl (C=O) groups is 2. The Morgan fingerprint density at radius 3 is 2.40 bits per heavy atom. The maximum Gasteiger partial charge on any atom is 0.301 e. The van der Waals surface area contributed by atoms with E-state index in [0.29, 0.717) is 44.6 Å². The van der Waals surface area contributed by atoms with Crippen molar-refractivity contribution in [3.05, 3.63) is 154 Å². The van der Waals surface area contributed by atoms with Gasteiger partial charge in [-0.25, -0.2) is 0 Å². The van der Waals surface area contributed by atoms with Crippen LogP contribution in [-0.2, 0) is 21.9 Å². The molecule has 5 aromatic carbocycles. The lowest BCUT2D eigenvalue weighted by molar-refractivity contribution is -0.132. The van der Waals surface area contributed by atoms with Crippen LogP contribution in [0.15, 0.2) is 125 Å². The Labute approximate surface area is 299 Å². The van der Waals surface area contributed by atoms with E-state index in [2.05, 4.69) is 54.4 Å². The van der Waals surface area contributed by atoms with Crippen LogP contribution in [0, 0.1) is 6.92 Å². The molecule has 1 atom stereocenters. The van der Waals surface area contributed by atoms with Gasteiger partial charge in [0.05, 0.1) is 11.6 Å². The SMILES string of the molecule is Cc1cccc(COc2ccc(C(O)=C3C(=O)C(=O)N(c4nnc(SCc5cccc6ccccc56)s4)C3c3ccc(C(C)C)cc3)cc2)c1. The van der Waals surface area contributed by atoms with Gasteiger partial charge in [0.1, 0.15) is 18.1 Å². The molecule has 7 rings (SSSR count). The number of hydrogen-bond donors (Lipinski definition) is 1. The van der Waals surface area contributed by atoms with Crippen LogP contribution in [0.25, 0.3) is 16.5 Å². The highest BCUT2D eigenvalue weighted by molar-refractivity contribution is 8.00. The number of rotatable bonds is 10. The molecule has 0 radical (unpaired) electrons. The van der Waals surface area contributed by atoms with Crippen LogP contribution in [0.4, 0.5) is 5.13 Å². The number of ether oxygens (including phenoxy) is 1. The summed E-state index contributed by atoms with van der Waals surface area (Å²) in [6.45, 7) is 6.64. The van der Waals surface area contributed by atoms with Gasteiger partial charge in [-0.3, -0.25) is 14.5 Å². The molecule has 0 saturated carbocycles. The standard InChI is InChI=1S/C41H35N3O4S2/c1-25(2)28-14-16-30(17-15-28)36-35(37(45)31-18-20-33(21-19-31)48-23-27-9-6-8-26(3)22-27)38(46)39(47)44(36)40-42-43-41(50-40)49-24-32-12-7-11-29-10-4-5-13-34(29)32/h4-22,25,36,45H,23-24H2,1-3H3. The summed E-state index contributed by atoms with van der Waals surface area (Å²) < 4.78 is 6.64. The van der Waals surface area contributed by atoms with Crippen LogP contribution in [0.1, 0.15) is 59.2 Å². The molecule has 1 aromatic heterocycles. The van der Waals surface area contributed by atoms with E-state index in [1.807, 2.05) is 67.6 Å². The van der Waals surface area contributed by atoms with Crippen LogP contribution in [0.5, 0.6) is 5.75 Å². The highest BCUT2D eigenvalue weighted by Crippen LogP contribution is 2.44. The number of thioether (sulfide) groups is 1. The van der Waals surface area contributed by atoms with Crippen molar-refractivity contribution in [2.45, 2.75) is 49.4 Å². The van der Waals surface area contributed by atoms with E-state index < -0.39 is 17.7 Å². The van der Waals surface area contributed by atoms with E-state index in [0.717, 1.165) is 16.7 Å². The second-order valence-corrected chi connectivity index (χ2v) is 14.7. The lowest BCUT2D eigenvalue weighted by Gasteiger charge is -2.23. The van der Waals surface area contributed by atoms with Crippen molar-refractivity contribution in [1.82, 2.24) is 10.2 Å². The molecule has 7 nitrogen and oxygen atoms in total. The monoisotopic (exact) mass is 697 g/mol. The summed E-state index contributed by atoms with van der Waals surface area (Å²) in [4.78, 5) is 28.9. The molecule has 9 heteroatoms. The molecule has 1 amide bonds. The maximum atomic E-state index is 13.8. The van der Waals surface area contributed by atoms with Crippen molar-refractivity contribution in [2.75, 3.05) is 4.90 Å². The zero-order chi connectivity index (χ0) is 34.8. The number of fused-ring (bicyclic) bond motifs is 1. The van der Waals surface area contributed by atoms with Gasteiger partial charge >= 0.3 is 5.91 Å². The van der Waals surface area contributed by atoms with Gasteiger partial charge in [0.15, 0.2) is 4.34 Å². The molecule has 0 spiro atoms. The number of aromatic nitrogens is 2. The van der Waals surface area contributed by atoms with Crippen molar-refractivity contribution < 1.29 is 19.4 Å². The quantitative estimate of drug-likeness (QED) is 0.0501. The molecular weight excluding hydrogens is 663 g/mol. The van der Waals surface area contributed by atoms with Crippen molar-refractivity contribution >= 4 is 56.5 Å². The van der Waals surface area contributed by atoms with Gasteiger partial charge < -0.3 is 9.84 Å². The molecule has 250 valence electrons. The Morgan fingerprint density at radius 2 is 1.64 bits per heavy atom. The topological polar surface area (TPSA) is 92.6 Å². The van der Waals surface area contributed by atoms with Gasteiger partial charge in [0, 0.05) is 11.3 Å². The molecule has 1 N–H and O–H groups in total. The summed E-state index contributed by atoms with van der Waals surface area (Å²) in [7, 11) is 0. The first-order valence-electron chi connectivity index (χ1n) is 16.4. The van der Waals surface area contributed by atoms with E-state index in [1.165, 1.54) is 44.3 Å². The van der Waals surface area contributed by atoms with Crippen LogP contribution in [0.3, 0.4) is 0 Å². The first-order chi connectivity index (χ1) is 24.3. The van der Waals surface area contributed by atoms with E-state index in [-0.39, 0.29) is 11.3 Å². The van der Waals surface area contributed by atoms with Gasteiger partial charge in [0.25, 0.3) is 5.78 Å². The number of nitrogens with zero attached hydrogens (tertiary/aromatic N) is 3. The lowest BCUT2D eigenvalue weighted by Crippen LogP contribution is -2.29. The van der Waals surface area contributed by atoms with Crippen LogP contribution in [0.2, 0.25) is 0 Å². The highest BCUT2D eigenvalue weighted by atomic mass is 32.2. The lowest BCUT2D eigenvalue weighted by atomic mass is 9.93. The fraction of sp³-hybridized carbons (Fsp3) is 0.171. The molecule has 0 aliphatic carbocycles. The number of carbonyl (C=O) groups excluding carboxylic acids is 2. The number of aryl methyl sites for hydroxylation is 1. The van der Waals surface area contributed by atoms with Gasteiger partial charge in [0.2, 0.25) is 5.13 Å². The van der Waals surface area contributed by atoms with Crippen molar-refractivity contribution in [3.8, 4) is 5.75 Å². The second kappa shape index (κ2) is 14.3. The van der Waals surface area contributed by atoms with Crippen LogP contribution < -0.4 is 9.64 Å². The normalized spacial score (nSPS) is 15.7. The number of Topliss-reactive ketones (excluding diaryl/α,β-unsaturated/α-hetero) is 1. The third-order valence-corrected chi connectivity index (χ3v) is 10.9. The molecule has 2 heterocycles. The molecular formula is C41H35N3O4S2. The smallest absolute Gasteiger partial charge is 0.301 e. The number of anilines is 1. The Bertz CT molecular complexity index is 2220. The molecule has 0 bridgehead atoms. The number of hydrogen-bond acceptors (Lipinski definition) is 8. The van der Waals surface area contributed by atoms with E-state index in [9.17, 15) is 14.7 Å². The summed E-state index contributed by atoms with van der Waals surface area (Å²) in [5.74, 6) is -0.216. The number of amides is 1. The molecule has 1 saturated heterocycles. The Morgan fingerprint density at radius 1 is 0.900 bits per heavy atom. The molecule has 1 aliphatic heterocycles. The van der Waals surface area contributed by atoms with Crippen molar-refractivity contribution in [3.63, 3.8) is 0 Å². The largest absolute Gasteiger partial charge is 0.507 e. The Kier molecular flexibility index (Phi) is 9.52. The third-order valence-electron chi connectivity index (χ3n) is 8.81. The predicted octanol–water partition coefficient (Wildman–Crippen LogP) is 9.62.